The number of ether oxygens (including phenoxy) is 1. The zero-order valence-electron chi connectivity index (χ0n) is 9.56. The van der Waals surface area contributed by atoms with Gasteiger partial charge in [-0.05, 0) is 43.9 Å². The van der Waals surface area contributed by atoms with Crippen molar-refractivity contribution in [3.05, 3.63) is 28.8 Å². The Labute approximate surface area is 99.0 Å². The van der Waals surface area contributed by atoms with Gasteiger partial charge in [0.15, 0.2) is 11.6 Å². The van der Waals surface area contributed by atoms with Crippen LogP contribution in [0.5, 0.6) is 5.75 Å². The van der Waals surface area contributed by atoms with Crippen LogP contribution in [0.3, 0.4) is 0 Å². The molecule has 1 atom stereocenters. The Hall–Kier alpha value is -1.16. The smallest absolute Gasteiger partial charge is 0.200 e. The molecule has 0 radical (unpaired) electrons. The number of hydrogen-bond acceptors (Lipinski definition) is 2. The summed E-state index contributed by atoms with van der Waals surface area (Å²) in [6.07, 6.45) is 3.72. The summed E-state index contributed by atoms with van der Waals surface area (Å²) in [5.74, 6) is -1.49. The molecule has 0 aliphatic carbocycles. The summed E-state index contributed by atoms with van der Waals surface area (Å²) in [7, 11) is 0. The van der Waals surface area contributed by atoms with Crippen molar-refractivity contribution in [2.24, 2.45) is 0 Å². The van der Waals surface area contributed by atoms with Crippen molar-refractivity contribution in [2.75, 3.05) is 13.2 Å². The molecule has 0 amide bonds. The van der Waals surface area contributed by atoms with Gasteiger partial charge in [-0.1, -0.05) is 0 Å². The van der Waals surface area contributed by atoms with E-state index in [2.05, 4.69) is 5.32 Å². The molecule has 17 heavy (non-hydrogen) atoms. The van der Waals surface area contributed by atoms with Crippen molar-refractivity contribution in [3.8, 4) is 5.75 Å². The number of nitrogens with one attached hydrogen (secondary N) is 1. The van der Waals surface area contributed by atoms with Crippen LogP contribution >= 0.6 is 0 Å². The summed E-state index contributed by atoms with van der Waals surface area (Å²) >= 11 is 0. The van der Waals surface area contributed by atoms with E-state index in [0.717, 1.165) is 43.4 Å². The molecule has 92 valence electrons. The first kappa shape index (κ1) is 11.0. The van der Waals surface area contributed by atoms with Crippen LogP contribution in [0.4, 0.5) is 8.78 Å². The molecule has 2 heterocycles. The third kappa shape index (κ3) is 1.80. The van der Waals surface area contributed by atoms with Crippen LogP contribution in [-0.4, -0.2) is 13.2 Å². The molecular formula is C13H15F2NO. The van der Waals surface area contributed by atoms with E-state index in [0.29, 0.717) is 6.61 Å². The molecule has 2 aliphatic heterocycles. The topological polar surface area (TPSA) is 21.3 Å². The molecule has 1 saturated heterocycles. The third-order valence-corrected chi connectivity index (χ3v) is 3.57. The average Bonchev–Trinajstić information content (AvgIpc) is 2.87. The van der Waals surface area contributed by atoms with Crippen molar-refractivity contribution < 1.29 is 13.5 Å². The minimum absolute atomic E-state index is 0.139. The number of rotatable bonds is 1. The standard InChI is InChI=1S/C13H15F2NO/c14-10-7-9(11-4-1-5-16-11)8-3-2-6-17-13(8)12(10)15/h7,11,16H,1-6H2/t11-/m0/s1. The van der Waals surface area contributed by atoms with E-state index in [-0.39, 0.29) is 11.8 Å². The van der Waals surface area contributed by atoms with Crippen LogP contribution in [0.1, 0.15) is 36.4 Å². The number of halogens is 2. The Morgan fingerprint density at radius 2 is 2.18 bits per heavy atom. The first-order valence-electron chi connectivity index (χ1n) is 6.14. The molecular weight excluding hydrogens is 224 g/mol. The molecule has 3 rings (SSSR count). The Bertz CT molecular complexity index is 442. The van der Waals surface area contributed by atoms with Crippen LogP contribution in [0.2, 0.25) is 0 Å². The predicted molar refractivity (Wildman–Crippen MR) is 60.2 cm³/mol. The molecule has 1 aromatic rings. The Balaban J connectivity index is 2.10. The predicted octanol–water partition coefficient (Wildman–Crippen LogP) is 2.71. The highest BCUT2D eigenvalue weighted by atomic mass is 19.2. The van der Waals surface area contributed by atoms with Crippen molar-refractivity contribution in [2.45, 2.75) is 31.7 Å². The molecule has 0 saturated carbocycles. The van der Waals surface area contributed by atoms with E-state index in [9.17, 15) is 8.78 Å². The Morgan fingerprint density at radius 3 is 2.94 bits per heavy atom. The number of hydrogen-bond donors (Lipinski definition) is 1. The van der Waals surface area contributed by atoms with Crippen molar-refractivity contribution >= 4 is 0 Å². The van der Waals surface area contributed by atoms with Crippen molar-refractivity contribution in [1.82, 2.24) is 5.32 Å². The minimum atomic E-state index is -0.832. The van der Waals surface area contributed by atoms with Gasteiger partial charge in [-0.25, -0.2) is 4.39 Å². The minimum Gasteiger partial charge on any atom is -0.490 e. The fraction of sp³-hybridized carbons (Fsp3) is 0.538. The quantitative estimate of drug-likeness (QED) is 0.813. The van der Waals surface area contributed by atoms with Gasteiger partial charge < -0.3 is 10.1 Å². The van der Waals surface area contributed by atoms with Crippen LogP contribution in [0, 0.1) is 11.6 Å². The van der Waals surface area contributed by atoms with Crippen LogP contribution in [0.25, 0.3) is 0 Å². The molecule has 0 aromatic heterocycles. The van der Waals surface area contributed by atoms with E-state index in [1.807, 2.05) is 0 Å². The van der Waals surface area contributed by atoms with Gasteiger partial charge in [0.05, 0.1) is 6.61 Å². The second-order valence-electron chi connectivity index (χ2n) is 4.67. The molecule has 1 N–H and O–H groups in total. The SMILES string of the molecule is Fc1cc([C@@H]2CCCN2)c2c(c1F)OCCC2. The Morgan fingerprint density at radius 1 is 1.29 bits per heavy atom. The highest BCUT2D eigenvalue weighted by molar-refractivity contribution is 5.45. The summed E-state index contributed by atoms with van der Waals surface area (Å²) < 4.78 is 32.5. The van der Waals surface area contributed by atoms with Crippen molar-refractivity contribution in [3.63, 3.8) is 0 Å². The normalized spacial score (nSPS) is 23.3. The summed E-state index contributed by atoms with van der Waals surface area (Å²) in [4.78, 5) is 0. The number of benzene rings is 1. The molecule has 0 unspecified atom stereocenters. The monoisotopic (exact) mass is 239 g/mol. The lowest BCUT2D eigenvalue weighted by Crippen LogP contribution is -2.19. The van der Waals surface area contributed by atoms with Crippen LogP contribution < -0.4 is 10.1 Å². The highest BCUT2D eigenvalue weighted by Crippen LogP contribution is 2.37. The van der Waals surface area contributed by atoms with Gasteiger partial charge in [0.2, 0.25) is 5.82 Å². The van der Waals surface area contributed by atoms with Gasteiger partial charge >= 0.3 is 0 Å². The zero-order chi connectivity index (χ0) is 11.8. The first-order chi connectivity index (χ1) is 8.27. The maximum absolute atomic E-state index is 13.6. The second-order valence-corrected chi connectivity index (χ2v) is 4.67. The van der Waals surface area contributed by atoms with E-state index in [4.69, 9.17) is 4.74 Å². The van der Waals surface area contributed by atoms with E-state index >= 15 is 0 Å². The van der Waals surface area contributed by atoms with Gasteiger partial charge in [0.1, 0.15) is 0 Å². The van der Waals surface area contributed by atoms with Crippen molar-refractivity contribution in [1.29, 1.82) is 0 Å². The lowest BCUT2D eigenvalue weighted by Gasteiger charge is -2.24. The average molecular weight is 239 g/mol. The molecule has 2 aliphatic rings. The van der Waals surface area contributed by atoms with Gasteiger partial charge in [-0.3, -0.25) is 0 Å². The largest absolute Gasteiger partial charge is 0.490 e. The first-order valence-corrected chi connectivity index (χ1v) is 6.14. The second kappa shape index (κ2) is 4.26. The summed E-state index contributed by atoms with van der Waals surface area (Å²) in [5.41, 5.74) is 1.74. The lowest BCUT2D eigenvalue weighted by molar-refractivity contribution is 0.266. The molecule has 2 nitrogen and oxygen atoms in total. The molecule has 4 heteroatoms. The van der Waals surface area contributed by atoms with Gasteiger partial charge in [0.25, 0.3) is 0 Å². The summed E-state index contributed by atoms with van der Waals surface area (Å²) in [5, 5.41) is 3.33. The summed E-state index contributed by atoms with van der Waals surface area (Å²) in [6.45, 7) is 1.42. The van der Waals surface area contributed by atoms with Crippen LogP contribution in [0.15, 0.2) is 6.07 Å². The highest BCUT2D eigenvalue weighted by Gasteiger charge is 2.27. The fourth-order valence-corrected chi connectivity index (χ4v) is 2.75. The van der Waals surface area contributed by atoms with Gasteiger partial charge in [-0.15, -0.1) is 0 Å². The number of fused-ring (bicyclic) bond motifs is 1. The maximum Gasteiger partial charge on any atom is 0.200 e. The molecule has 0 bridgehead atoms. The Kier molecular flexibility index (Phi) is 2.74. The third-order valence-electron chi connectivity index (χ3n) is 3.57. The molecule has 0 spiro atoms. The van der Waals surface area contributed by atoms with E-state index < -0.39 is 11.6 Å². The zero-order valence-corrected chi connectivity index (χ0v) is 9.56. The molecule has 1 aromatic carbocycles. The van der Waals surface area contributed by atoms with E-state index in [1.165, 1.54) is 6.07 Å². The van der Waals surface area contributed by atoms with Gasteiger partial charge in [-0.2, -0.15) is 4.39 Å². The van der Waals surface area contributed by atoms with Gasteiger partial charge in [0, 0.05) is 11.6 Å². The molecule has 1 fully saturated rings. The van der Waals surface area contributed by atoms with Crippen LogP contribution in [-0.2, 0) is 6.42 Å². The maximum atomic E-state index is 13.6. The van der Waals surface area contributed by atoms with E-state index in [1.54, 1.807) is 0 Å². The lowest BCUT2D eigenvalue weighted by atomic mass is 9.93. The fourth-order valence-electron chi connectivity index (χ4n) is 2.75. The summed E-state index contributed by atoms with van der Waals surface area (Å²) in [6, 6.07) is 1.49.